The van der Waals surface area contributed by atoms with Gasteiger partial charge in [-0.1, -0.05) is 11.6 Å². The van der Waals surface area contributed by atoms with Crippen LogP contribution >= 0.6 is 11.6 Å². The van der Waals surface area contributed by atoms with Crippen molar-refractivity contribution >= 4 is 23.1 Å². The van der Waals surface area contributed by atoms with Crippen LogP contribution in [0.5, 0.6) is 0 Å². The van der Waals surface area contributed by atoms with E-state index in [1.54, 1.807) is 6.07 Å². The predicted octanol–water partition coefficient (Wildman–Crippen LogP) is 3.41. The highest BCUT2D eigenvalue weighted by Crippen LogP contribution is 2.26. The number of likely N-dealkylation sites (N-methyl/N-ethyl adjacent to an activating group) is 1. The van der Waals surface area contributed by atoms with Gasteiger partial charge >= 0.3 is 0 Å². The third-order valence-electron chi connectivity index (χ3n) is 2.79. The highest BCUT2D eigenvalue weighted by molar-refractivity contribution is 6.33. The zero-order valence-electron chi connectivity index (χ0n) is 11.2. The largest absolute Gasteiger partial charge is 0.380 e. The molecule has 0 unspecified atom stereocenters. The van der Waals surface area contributed by atoms with Gasteiger partial charge in [0, 0.05) is 25.3 Å². The lowest BCUT2D eigenvalue weighted by Crippen LogP contribution is -2.27. The first-order valence-corrected chi connectivity index (χ1v) is 6.61. The summed E-state index contributed by atoms with van der Waals surface area (Å²) >= 11 is 6.23. The number of carbonyl (C=O) groups is 1. The molecule has 1 rings (SSSR count). The van der Waals surface area contributed by atoms with Crippen molar-refractivity contribution in [2.24, 2.45) is 0 Å². The molecule has 0 amide bonds. The lowest BCUT2D eigenvalue weighted by Gasteiger charge is -2.24. The maximum Gasteiger partial charge on any atom is 0.159 e. The summed E-state index contributed by atoms with van der Waals surface area (Å²) in [7, 11) is 0. The van der Waals surface area contributed by atoms with E-state index in [1.165, 1.54) is 6.92 Å². The summed E-state index contributed by atoms with van der Waals surface area (Å²) in [4.78, 5) is 13.4. The molecule has 0 aliphatic heterocycles. The second kappa shape index (κ2) is 7.39. The van der Waals surface area contributed by atoms with Crippen molar-refractivity contribution < 1.29 is 9.53 Å². The van der Waals surface area contributed by atoms with Gasteiger partial charge in [0.2, 0.25) is 0 Å². The van der Waals surface area contributed by atoms with Gasteiger partial charge in [-0.25, -0.2) is 0 Å². The topological polar surface area (TPSA) is 29.5 Å². The van der Waals surface area contributed by atoms with E-state index in [4.69, 9.17) is 16.3 Å². The van der Waals surface area contributed by atoms with Gasteiger partial charge in [-0.15, -0.1) is 0 Å². The highest BCUT2D eigenvalue weighted by Gasteiger charge is 2.10. The van der Waals surface area contributed by atoms with E-state index in [-0.39, 0.29) is 5.78 Å². The van der Waals surface area contributed by atoms with Crippen LogP contribution in [0.2, 0.25) is 5.02 Å². The van der Waals surface area contributed by atoms with E-state index in [0.717, 1.165) is 18.8 Å². The first kappa shape index (κ1) is 15.0. The van der Waals surface area contributed by atoms with Crippen LogP contribution in [-0.4, -0.2) is 32.1 Å². The molecular weight excluding hydrogens is 250 g/mol. The fourth-order valence-electron chi connectivity index (χ4n) is 1.75. The first-order chi connectivity index (χ1) is 8.60. The molecule has 0 aliphatic rings. The van der Waals surface area contributed by atoms with Gasteiger partial charge in [-0.3, -0.25) is 4.79 Å². The molecule has 1 aromatic rings. The van der Waals surface area contributed by atoms with Crippen molar-refractivity contribution in [2.45, 2.75) is 20.8 Å². The van der Waals surface area contributed by atoms with Crippen LogP contribution in [0.15, 0.2) is 18.2 Å². The lowest BCUT2D eigenvalue weighted by molar-refractivity contribution is 0.101. The quantitative estimate of drug-likeness (QED) is 0.561. The lowest BCUT2D eigenvalue weighted by atomic mass is 10.1. The van der Waals surface area contributed by atoms with Crippen LogP contribution < -0.4 is 4.90 Å². The Morgan fingerprint density at radius 1 is 1.39 bits per heavy atom. The number of ether oxygens (including phenoxy) is 1. The summed E-state index contributed by atoms with van der Waals surface area (Å²) in [6.07, 6.45) is 0. The van der Waals surface area contributed by atoms with E-state index >= 15 is 0 Å². The smallest absolute Gasteiger partial charge is 0.159 e. The molecule has 0 bridgehead atoms. The van der Waals surface area contributed by atoms with Crippen LogP contribution in [0.25, 0.3) is 0 Å². The number of anilines is 1. The number of ketones is 1. The standard InChI is InChI=1S/C14H20ClNO2/c1-4-16(8-9-18-5-2)14-7-6-12(11(3)17)10-13(14)15/h6-7,10H,4-5,8-9H2,1-3H3. The number of nitrogens with zero attached hydrogens (tertiary/aromatic N) is 1. The average molecular weight is 270 g/mol. The van der Waals surface area contributed by atoms with Crippen LogP contribution in [0.1, 0.15) is 31.1 Å². The van der Waals surface area contributed by atoms with Gasteiger partial charge in [0.05, 0.1) is 17.3 Å². The van der Waals surface area contributed by atoms with Crippen molar-refractivity contribution in [1.82, 2.24) is 0 Å². The van der Waals surface area contributed by atoms with Crippen LogP contribution in [0.3, 0.4) is 0 Å². The minimum Gasteiger partial charge on any atom is -0.380 e. The van der Waals surface area contributed by atoms with Crippen molar-refractivity contribution in [1.29, 1.82) is 0 Å². The van der Waals surface area contributed by atoms with E-state index in [2.05, 4.69) is 11.8 Å². The minimum absolute atomic E-state index is 0.0285. The molecule has 0 aromatic heterocycles. The van der Waals surface area contributed by atoms with E-state index in [9.17, 15) is 4.79 Å². The molecule has 0 atom stereocenters. The van der Waals surface area contributed by atoms with Gasteiger partial charge in [0.25, 0.3) is 0 Å². The van der Waals surface area contributed by atoms with Crippen molar-refractivity contribution in [2.75, 3.05) is 31.2 Å². The molecule has 3 nitrogen and oxygen atoms in total. The van der Waals surface area contributed by atoms with Crippen molar-refractivity contribution in [3.8, 4) is 0 Å². The molecule has 1 aromatic carbocycles. The normalized spacial score (nSPS) is 10.4. The number of carbonyl (C=O) groups excluding carboxylic acids is 1. The molecule has 4 heteroatoms. The molecule has 0 saturated carbocycles. The SMILES string of the molecule is CCOCCN(CC)c1ccc(C(C)=O)cc1Cl. The van der Waals surface area contributed by atoms with Crippen LogP contribution in [0, 0.1) is 0 Å². The zero-order valence-corrected chi connectivity index (χ0v) is 12.0. The summed E-state index contributed by atoms with van der Waals surface area (Å²) in [5.41, 5.74) is 1.59. The van der Waals surface area contributed by atoms with Gasteiger partial charge in [-0.05, 0) is 39.0 Å². The fourth-order valence-corrected chi connectivity index (χ4v) is 2.05. The Bertz CT molecular complexity index is 407. The Morgan fingerprint density at radius 3 is 2.61 bits per heavy atom. The highest BCUT2D eigenvalue weighted by atomic mass is 35.5. The second-order valence-corrected chi connectivity index (χ2v) is 4.41. The minimum atomic E-state index is 0.0285. The summed E-state index contributed by atoms with van der Waals surface area (Å²) in [5, 5.41) is 0.612. The zero-order chi connectivity index (χ0) is 13.5. The number of hydrogen-bond donors (Lipinski definition) is 0. The Labute approximate surface area is 114 Å². The molecule has 18 heavy (non-hydrogen) atoms. The molecule has 0 heterocycles. The first-order valence-electron chi connectivity index (χ1n) is 6.23. The molecule has 0 aliphatic carbocycles. The van der Waals surface area contributed by atoms with Gasteiger partial charge < -0.3 is 9.64 Å². The summed E-state index contributed by atoms with van der Waals surface area (Å²) < 4.78 is 5.35. The number of benzene rings is 1. The molecule has 100 valence electrons. The molecule has 0 spiro atoms. The monoisotopic (exact) mass is 269 g/mol. The Hall–Kier alpha value is -1.06. The van der Waals surface area contributed by atoms with Crippen molar-refractivity contribution in [3.63, 3.8) is 0 Å². The predicted molar refractivity (Wildman–Crippen MR) is 75.8 cm³/mol. The summed E-state index contributed by atoms with van der Waals surface area (Å²) in [5.74, 6) is 0.0285. The van der Waals surface area contributed by atoms with Crippen molar-refractivity contribution in [3.05, 3.63) is 28.8 Å². The third-order valence-corrected chi connectivity index (χ3v) is 3.09. The fraction of sp³-hybridized carbons (Fsp3) is 0.500. The van der Waals surface area contributed by atoms with E-state index < -0.39 is 0 Å². The molecule has 0 saturated heterocycles. The van der Waals surface area contributed by atoms with Crippen LogP contribution in [0.4, 0.5) is 5.69 Å². The Balaban J connectivity index is 2.82. The number of Topliss-reactive ketones (excluding diaryl/α,β-unsaturated/α-hetero) is 1. The number of rotatable bonds is 7. The summed E-state index contributed by atoms with van der Waals surface area (Å²) in [6, 6.07) is 5.43. The Morgan fingerprint density at radius 2 is 2.11 bits per heavy atom. The maximum atomic E-state index is 11.3. The van der Waals surface area contributed by atoms with Crippen LogP contribution in [-0.2, 0) is 4.74 Å². The van der Waals surface area contributed by atoms with E-state index in [1.807, 2.05) is 19.1 Å². The number of halogens is 1. The molecular formula is C14H20ClNO2. The molecule has 0 fully saturated rings. The summed E-state index contributed by atoms with van der Waals surface area (Å²) in [6.45, 7) is 8.63. The number of hydrogen-bond acceptors (Lipinski definition) is 3. The van der Waals surface area contributed by atoms with Gasteiger partial charge in [-0.2, -0.15) is 0 Å². The van der Waals surface area contributed by atoms with Gasteiger partial charge in [0.15, 0.2) is 5.78 Å². The second-order valence-electron chi connectivity index (χ2n) is 4.00. The maximum absolute atomic E-state index is 11.3. The Kier molecular flexibility index (Phi) is 6.16. The average Bonchev–Trinajstić information content (AvgIpc) is 2.35. The van der Waals surface area contributed by atoms with E-state index in [0.29, 0.717) is 23.8 Å². The third kappa shape index (κ3) is 4.00. The van der Waals surface area contributed by atoms with Gasteiger partial charge in [0.1, 0.15) is 0 Å². The molecule has 0 radical (unpaired) electrons. The molecule has 0 N–H and O–H groups in total.